The largest absolute Gasteiger partial charge is 0.476 e. The zero-order valence-corrected chi connectivity index (χ0v) is 9.95. The Balaban J connectivity index is 2.36. The second-order valence-corrected chi connectivity index (χ2v) is 4.36. The van der Waals surface area contributed by atoms with Crippen molar-refractivity contribution in [1.29, 1.82) is 0 Å². The van der Waals surface area contributed by atoms with Gasteiger partial charge in [-0.25, -0.2) is 4.98 Å². The molecule has 0 aromatic carbocycles. The molecule has 0 spiro atoms. The first-order chi connectivity index (χ1) is 6.72. The van der Waals surface area contributed by atoms with Crippen LogP contribution >= 0.6 is 8.58 Å². The molecule has 0 aliphatic carbocycles. The van der Waals surface area contributed by atoms with Gasteiger partial charge in [0.25, 0.3) is 0 Å². The van der Waals surface area contributed by atoms with Gasteiger partial charge in [-0.15, -0.1) is 0 Å². The number of likely N-dealkylation sites (N-methyl/N-ethyl adjacent to an activating group) is 1. The number of nitrogens with zero attached hydrogens (tertiary/aromatic N) is 2. The minimum Gasteiger partial charge on any atom is -0.476 e. The zero-order valence-electron chi connectivity index (χ0n) is 8.95. The predicted molar refractivity (Wildman–Crippen MR) is 62.2 cm³/mol. The summed E-state index contributed by atoms with van der Waals surface area (Å²) in [5.74, 6) is 0.717. The lowest BCUT2D eigenvalue weighted by molar-refractivity contribution is 0.254. The Labute approximate surface area is 87.3 Å². The Kier molecular flexibility index (Phi) is 4.85. The van der Waals surface area contributed by atoms with Gasteiger partial charge in [-0.05, 0) is 32.1 Å². The molecule has 0 fully saturated rings. The molecular formula is C10H17N2OP. The third kappa shape index (κ3) is 4.03. The van der Waals surface area contributed by atoms with Gasteiger partial charge in [-0.3, -0.25) is 0 Å². The fourth-order valence-electron chi connectivity index (χ4n) is 0.946. The molecule has 1 unspecified atom stereocenters. The second-order valence-electron chi connectivity index (χ2n) is 3.29. The van der Waals surface area contributed by atoms with Gasteiger partial charge in [-0.1, -0.05) is 8.58 Å². The van der Waals surface area contributed by atoms with E-state index in [1.807, 2.05) is 26.4 Å². The van der Waals surface area contributed by atoms with Crippen LogP contribution in [0.2, 0.25) is 0 Å². The standard InChI is InChI=1S/C10H17N2OP/c1-12(2)6-7-13-10-5-4-9(14-3)8-11-10/h4-5,8,14H,6-7H2,1-3H3. The van der Waals surface area contributed by atoms with Crippen molar-refractivity contribution in [3.63, 3.8) is 0 Å². The number of hydrogen-bond acceptors (Lipinski definition) is 3. The molecule has 1 aromatic rings. The highest BCUT2D eigenvalue weighted by Crippen LogP contribution is 2.07. The molecule has 0 amide bonds. The first-order valence-electron chi connectivity index (χ1n) is 4.63. The topological polar surface area (TPSA) is 25.4 Å². The second kappa shape index (κ2) is 5.94. The van der Waals surface area contributed by atoms with Crippen LogP contribution in [-0.4, -0.2) is 43.8 Å². The van der Waals surface area contributed by atoms with Crippen molar-refractivity contribution in [1.82, 2.24) is 9.88 Å². The summed E-state index contributed by atoms with van der Waals surface area (Å²) >= 11 is 0. The maximum absolute atomic E-state index is 5.47. The molecule has 0 aliphatic rings. The fraction of sp³-hybridized carbons (Fsp3) is 0.500. The first kappa shape index (κ1) is 11.4. The summed E-state index contributed by atoms with van der Waals surface area (Å²) in [7, 11) is 4.85. The van der Waals surface area contributed by atoms with E-state index in [0.29, 0.717) is 12.5 Å². The molecule has 1 heterocycles. The van der Waals surface area contributed by atoms with Crippen molar-refractivity contribution in [2.24, 2.45) is 0 Å². The molecule has 4 heteroatoms. The van der Waals surface area contributed by atoms with Gasteiger partial charge in [0, 0.05) is 18.8 Å². The highest BCUT2D eigenvalue weighted by atomic mass is 31.1. The summed E-state index contributed by atoms with van der Waals surface area (Å²) in [5, 5.41) is 1.27. The van der Waals surface area contributed by atoms with Crippen molar-refractivity contribution >= 4 is 13.9 Å². The lowest BCUT2D eigenvalue weighted by atomic mass is 10.5. The molecule has 0 aliphatic heterocycles. The van der Waals surface area contributed by atoms with E-state index in [4.69, 9.17) is 4.74 Å². The molecule has 3 nitrogen and oxygen atoms in total. The van der Waals surface area contributed by atoms with Crippen LogP contribution in [0.1, 0.15) is 0 Å². The van der Waals surface area contributed by atoms with Gasteiger partial charge in [0.15, 0.2) is 0 Å². The Morgan fingerprint density at radius 1 is 1.43 bits per heavy atom. The Morgan fingerprint density at radius 2 is 2.21 bits per heavy atom. The highest BCUT2D eigenvalue weighted by Gasteiger charge is 1.96. The van der Waals surface area contributed by atoms with Crippen molar-refractivity contribution < 1.29 is 4.74 Å². The van der Waals surface area contributed by atoms with Crippen molar-refractivity contribution in [2.45, 2.75) is 0 Å². The molecule has 1 aromatic heterocycles. The van der Waals surface area contributed by atoms with E-state index < -0.39 is 0 Å². The van der Waals surface area contributed by atoms with E-state index in [-0.39, 0.29) is 0 Å². The lowest BCUT2D eigenvalue weighted by Gasteiger charge is -2.10. The van der Waals surface area contributed by atoms with E-state index in [9.17, 15) is 0 Å². The number of pyridine rings is 1. The highest BCUT2D eigenvalue weighted by molar-refractivity contribution is 7.46. The van der Waals surface area contributed by atoms with Gasteiger partial charge in [0.2, 0.25) is 5.88 Å². The van der Waals surface area contributed by atoms with Crippen LogP contribution < -0.4 is 10.0 Å². The quantitative estimate of drug-likeness (QED) is 0.680. The van der Waals surface area contributed by atoms with Crippen molar-refractivity contribution in [3.8, 4) is 5.88 Å². The van der Waals surface area contributed by atoms with Crippen LogP contribution in [0.25, 0.3) is 0 Å². The van der Waals surface area contributed by atoms with E-state index >= 15 is 0 Å². The van der Waals surface area contributed by atoms with Gasteiger partial charge >= 0.3 is 0 Å². The van der Waals surface area contributed by atoms with E-state index in [2.05, 4.69) is 22.6 Å². The van der Waals surface area contributed by atoms with Gasteiger partial charge in [-0.2, -0.15) is 0 Å². The van der Waals surface area contributed by atoms with Gasteiger partial charge in [0.05, 0.1) is 0 Å². The molecule has 14 heavy (non-hydrogen) atoms. The average molecular weight is 212 g/mol. The van der Waals surface area contributed by atoms with E-state index in [1.165, 1.54) is 5.30 Å². The number of rotatable bonds is 5. The van der Waals surface area contributed by atoms with E-state index in [1.54, 1.807) is 0 Å². The Morgan fingerprint density at radius 3 is 2.71 bits per heavy atom. The maximum atomic E-state index is 5.47. The smallest absolute Gasteiger partial charge is 0.213 e. The molecule has 1 atom stereocenters. The number of aromatic nitrogens is 1. The van der Waals surface area contributed by atoms with Crippen LogP contribution in [0.5, 0.6) is 5.88 Å². The van der Waals surface area contributed by atoms with Crippen LogP contribution in [0.15, 0.2) is 18.3 Å². The number of hydrogen-bond donors (Lipinski definition) is 0. The van der Waals surface area contributed by atoms with Crippen LogP contribution in [0.3, 0.4) is 0 Å². The monoisotopic (exact) mass is 212 g/mol. The third-order valence-electron chi connectivity index (χ3n) is 1.81. The summed E-state index contributed by atoms with van der Waals surface area (Å²) in [6.45, 7) is 3.75. The minimum absolute atomic E-state index is 0.688. The molecule has 78 valence electrons. The molecule has 0 bridgehead atoms. The summed E-state index contributed by atoms with van der Waals surface area (Å²) in [6, 6.07) is 4.00. The molecule has 0 saturated carbocycles. The fourth-order valence-corrected chi connectivity index (χ4v) is 1.39. The normalized spacial score (nSPS) is 11.4. The molecule has 0 radical (unpaired) electrons. The summed E-state index contributed by atoms with van der Waals surface area (Å²) in [5.41, 5.74) is 0. The summed E-state index contributed by atoms with van der Waals surface area (Å²) in [4.78, 5) is 6.30. The number of ether oxygens (including phenoxy) is 1. The Hall–Kier alpha value is -0.660. The third-order valence-corrected chi connectivity index (χ3v) is 2.69. The zero-order chi connectivity index (χ0) is 10.4. The van der Waals surface area contributed by atoms with E-state index in [0.717, 1.165) is 15.1 Å². The van der Waals surface area contributed by atoms with Crippen molar-refractivity contribution in [2.75, 3.05) is 33.9 Å². The predicted octanol–water partition coefficient (Wildman–Crippen LogP) is 0.956. The summed E-state index contributed by atoms with van der Waals surface area (Å²) in [6.07, 6.45) is 1.88. The first-order valence-corrected chi connectivity index (χ1v) is 6.13. The average Bonchev–Trinajstić information content (AvgIpc) is 2.18. The molecule has 0 N–H and O–H groups in total. The van der Waals surface area contributed by atoms with Gasteiger partial charge < -0.3 is 9.64 Å². The van der Waals surface area contributed by atoms with Crippen LogP contribution in [0.4, 0.5) is 0 Å². The van der Waals surface area contributed by atoms with Crippen molar-refractivity contribution in [3.05, 3.63) is 18.3 Å². The Bertz CT molecular complexity index is 261. The van der Waals surface area contributed by atoms with Gasteiger partial charge in [0.1, 0.15) is 6.61 Å². The molecule has 1 rings (SSSR count). The maximum Gasteiger partial charge on any atom is 0.213 e. The molecular weight excluding hydrogens is 195 g/mol. The molecule has 0 saturated heterocycles. The lowest BCUT2D eigenvalue weighted by Crippen LogP contribution is -2.19. The van der Waals surface area contributed by atoms with Crippen LogP contribution in [-0.2, 0) is 0 Å². The summed E-state index contributed by atoms with van der Waals surface area (Å²) < 4.78 is 5.47. The van der Waals surface area contributed by atoms with Crippen LogP contribution in [0, 0.1) is 0 Å². The minimum atomic E-state index is 0.688. The SMILES string of the molecule is CPc1ccc(OCCN(C)C)nc1.